The monoisotopic (exact) mass is 507 g/mol. The van der Waals surface area contributed by atoms with E-state index in [1.54, 1.807) is 25.3 Å². The summed E-state index contributed by atoms with van der Waals surface area (Å²) < 4.78 is 49.8. The van der Waals surface area contributed by atoms with E-state index in [0.717, 1.165) is 34.4 Å². The molecule has 12 heteroatoms. The second kappa shape index (κ2) is 10.7. The zero-order chi connectivity index (χ0) is 25.0. The van der Waals surface area contributed by atoms with Gasteiger partial charge in [-0.25, -0.2) is 15.0 Å². The Hall–Kier alpha value is -3.09. The Labute approximate surface area is 203 Å². The Morgan fingerprint density at radius 1 is 1.26 bits per heavy atom. The molecule has 1 aliphatic heterocycles. The summed E-state index contributed by atoms with van der Waals surface area (Å²) in [6.45, 7) is 5.96. The number of benzene rings is 1. The predicted molar refractivity (Wildman–Crippen MR) is 123 cm³/mol. The van der Waals surface area contributed by atoms with E-state index in [0.29, 0.717) is 36.6 Å². The summed E-state index contributed by atoms with van der Waals surface area (Å²) in [6, 6.07) is 4.51. The SMILES string of the molecule is Cc1cnc(-c2cc(OC[C@H]3CNCCO3)cc(C(=O)NC(C)c3cnc(C(F)(F)F)nc3)c2)s1. The molecule has 1 saturated heterocycles. The van der Waals surface area contributed by atoms with Crippen LogP contribution in [-0.4, -0.2) is 53.3 Å². The third kappa shape index (κ3) is 6.53. The number of hydrogen-bond acceptors (Lipinski definition) is 8. The smallest absolute Gasteiger partial charge is 0.451 e. The minimum Gasteiger partial charge on any atom is -0.491 e. The molecule has 0 saturated carbocycles. The molecule has 2 aromatic heterocycles. The molecule has 4 rings (SSSR count). The number of hydrogen-bond donors (Lipinski definition) is 2. The molecule has 2 atom stereocenters. The lowest BCUT2D eigenvalue weighted by atomic mass is 10.1. The zero-order valence-corrected chi connectivity index (χ0v) is 19.9. The number of rotatable bonds is 7. The first-order chi connectivity index (χ1) is 16.7. The summed E-state index contributed by atoms with van der Waals surface area (Å²) >= 11 is 1.49. The molecule has 0 bridgehead atoms. The molecule has 186 valence electrons. The molecule has 0 spiro atoms. The highest BCUT2D eigenvalue weighted by atomic mass is 32.1. The van der Waals surface area contributed by atoms with Crippen molar-refractivity contribution in [2.75, 3.05) is 26.3 Å². The quantitative estimate of drug-likeness (QED) is 0.502. The summed E-state index contributed by atoms with van der Waals surface area (Å²) in [5.74, 6) is -1.17. The van der Waals surface area contributed by atoms with Gasteiger partial charge in [0.25, 0.3) is 5.91 Å². The van der Waals surface area contributed by atoms with Crippen LogP contribution in [0.4, 0.5) is 13.2 Å². The van der Waals surface area contributed by atoms with Gasteiger partial charge in [0.05, 0.1) is 12.6 Å². The lowest BCUT2D eigenvalue weighted by Crippen LogP contribution is -2.41. The summed E-state index contributed by atoms with van der Waals surface area (Å²) in [5.41, 5.74) is 1.39. The highest BCUT2D eigenvalue weighted by molar-refractivity contribution is 7.14. The Kier molecular flexibility index (Phi) is 7.63. The fourth-order valence-electron chi connectivity index (χ4n) is 3.41. The van der Waals surface area contributed by atoms with Crippen LogP contribution in [0.5, 0.6) is 5.75 Å². The van der Waals surface area contributed by atoms with Gasteiger partial charge in [0.15, 0.2) is 0 Å². The maximum Gasteiger partial charge on any atom is 0.451 e. The summed E-state index contributed by atoms with van der Waals surface area (Å²) in [7, 11) is 0. The van der Waals surface area contributed by atoms with Gasteiger partial charge in [-0.05, 0) is 32.0 Å². The van der Waals surface area contributed by atoms with Crippen molar-refractivity contribution in [2.24, 2.45) is 0 Å². The molecule has 1 aromatic carbocycles. The lowest BCUT2D eigenvalue weighted by molar-refractivity contribution is -0.145. The minimum absolute atomic E-state index is 0.105. The van der Waals surface area contributed by atoms with Gasteiger partial charge in [-0.3, -0.25) is 4.79 Å². The number of ether oxygens (including phenoxy) is 2. The van der Waals surface area contributed by atoms with E-state index in [2.05, 4.69) is 25.6 Å². The van der Waals surface area contributed by atoms with Gasteiger partial charge >= 0.3 is 6.18 Å². The number of nitrogens with one attached hydrogen (secondary N) is 2. The summed E-state index contributed by atoms with van der Waals surface area (Å²) in [6.07, 6.45) is -0.868. The molecular weight excluding hydrogens is 483 g/mol. The number of aryl methyl sites for hydroxylation is 1. The van der Waals surface area contributed by atoms with Crippen LogP contribution in [0, 0.1) is 6.92 Å². The number of thiazole rings is 1. The molecule has 1 amide bonds. The number of alkyl halides is 3. The van der Waals surface area contributed by atoms with Gasteiger partial charge in [-0.2, -0.15) is 13.2 Å². The summed E-state index contributed by atoms with van der Waals surface area (Å²) in [5, 5.41) is 6.76. The predicted octanol–water partition coefficient (Wildman–Crippen LogP) is 3.79. The molecule has 8 nitrogen and oxygen atoms in total. The first kappa shape index (κ1) is 25.0. The first-order valence-electron chi connectivity index (χ1n) is 10.9. The van der Waals surface area contributed by atoms with E-state index in [-0.39, 0.29) is 6.10 Å². The van der Waals surface area contributed by atoms with E-state index >= 15 is 0 Å². The fourth-order valence-corrected chi connectivity index (χ4v) is 4.16. The van der Waals surface area contributed by atoms with Gasteiger partial charge in [-0.1, -0.05) is 0 Å². The van der Waals surface area contributed by atoms with Crippen LogP contribution < -0.4 is 15.4 Å². The van der Waals surface area contributed by atoms with Gasteiger partial charge in [0, 0.05) is 53.2 Å². The molecule has 35 heavy (non-hydrogen) atoms. The van der Waals surface area contributed by atoms with E-state index in [1.807, 2.05) is 13.0 Å². The molecule has 3 heterocycles. The minimum atomic E-state index is -4.63. The second-order valence-corrected chi connectivity index (χ2v) is 9.30. The number of aromatic nitrogens is 3. The molecule has 1 aliphatic rings. The van der Waals surface area contributed by atoms with Crippen LogP contribution >= 0.6 is 11.3 Å². The van der Waals surface area contributed by atoms with Crippen LogP contribution in [0.15, 0.2) is 36.8 Å². The molecule has 3 aromatic rings. The second-order valence-electron chi connectivity index (χ2n) is 8.06. The Morgan fingerprint density at radius 3 is 2.66 bits per heavy atom. The standard InChI is InChI=1S/C23H24F3N5O3S/c1-13-8-28-21(35-13)16-5-15(6-18(7-16)34-12-19-11-27-3-4-33-19)20(32)31-14(2)17-9-29-22(30-10-17)23(24,25)26/h5-10,14,19,27H,3-4,11-12H2,1-2H3,(H,31,32)/t14?,19-/m1/s1. The Bertz CT molecular complexity index is 1160. The van der Waals surface area contributed by atoms with E-state index in [1.165, 1.54) is 11.3 Å². The number of nitrogens with zero attached hydrogens (tertiary/aromatic N) is 3. The van der Waals surface area contributed by atoms with Crippen LogP contribution in [0.1, 0.15) is 39.6 Å². The molecule has 1 fully saturated rings. The van der Waals surface area contributed by atoms with E-state index in [9.17, 15) is 18.0 Å². The van der Waals surface area contributed by atoms with Crippen molar-refractivity contribution in [1.29, 1.82) is 0 Å². The number of carbonyl (C=O) groups excluding carboxylic acids is 1. The largest absolute Gasteiger partial charge is 0.491 e. The van der Waals surface area contributed by atoms with Gasteiger partial charge < -0.3 is 20.1 Å². The first-order valence-corrected chi connectivity index (χ1v) is 11.7. The van der Waals surface area contributed by atoms with E-state index < -0.39 is 23.9 Å². The fraction of sp³-hybridized carbons (Fsp3) is 0.391. The molecule has 1 unspecified atom stereocenters. The third-order valence-corrected chi connectivity index (χ3v) is 6.21. The third-order valence-electron chi connectivity index (χ3n) is 5.25. The topological polar surface area (TPSA) is 98.3 Å². The number of amides is 1. The van der Waals surface area contributed by atoms with Crippen molar-refractivity contribution < 1.29 is 27.4 Å². The van der Waals surface area contributed by atoms with Crippen LogP contribution in [0.3, 0.4) is 0 Å². The van der Waals surface area contributed by atoms with Crippen LogP contribution in [0.2, 0.25) is 0 Å². The highest BCUT2D eigenvalue weighted by Crippen LogP contribution is 2.30. The van der Waals surface area contributed by atoms with Crippen LogP contribution in [0.25, 0.3) is 10.6 Å². The van der Waals surface area contributed by atoms with Gasteiger partial charge in [-0.15, -0.1) is 11.3 Å². The zero-order valence-electron chi connectivity index (χ0n) is 19.1. The summed E-state index contributed by atoms with van der Waals surface area (Å²) in [4.78, 5) is 25.2. The normalized spacial score (nSPS) is 17.1. The maximum absolute atomic E-state index is 13.1. The average Bonchev–Trinajstić information content (AvgIpc) is 3.29. The molecule has 2 N–H and O–H groups in total. The number of carbonyl (C=O) groups is 1. The van der Waals surface area contributed by atoms with Gasteiger partial charge in [0.2, 0.25) is 5.82 Å². The Balaban J connectivity index is 1.52. The highest BCUT2D eigenvalue weighted by Gasteiger charge is 2.34. The Morgan fingerprint density at radius 2 is 2.03 bits per heavy atom. The maximum atomic E-state index is 13.1. The van der Waals surface area contributed by atoms with Crippen molar-refractivity contribution in [3.05, 3.63) is 58.6 Å². The van der Waals surface area contributed by atoms with Gasteiger partial charge in [0.1, 0.15) is 23.5 Å². The van der Waals surface area contributed by atoms with Crippen LogP contribution in [-0.2, 0) is 10.9 Å². The van der Waals surface area contributed by atoms with Crippen molar-refractivity contribution in [2.45, 2.75) is 32.2 Å². The lowest BCUT2D eigenvalue weighted by Gasteiger charge is -2.23. The van der Waals surface area contributed by atoms with Crippen molar-refractivity contribution in [3.8, 4) is 16.3 Å². The molecule has 0 radical (unpaired) electrons. The average molecular weight is 508 g/mol. The number of halogens is 3. The number of morpholine rings is 1. The van der Waals surface area contributed by atoms with Crippen molar-refractivity contribution >= 4 is 17.2 Å². The van der Waals surface area contributed by atoms with Crippen molar-refractivity contribution in [1.82, 2.24) is 25.6 Å². The van der Waals surface area contributed by atoms with E-state index in [4.69, 9.17) is 9.47 Å². The molecule has 0 aliphatic carbocycles. The molecular formula is C23H24F3N5O3S. The van der Waals surface area contributed by atoms with Crippen molar-refractivity contribution in [3.63, 3.8) is 0 Å².